The quantitative estimate of drug-likeness (QED) is 0.581. The molecule has 0 aliphatic heterocycles. The van der Waals surface area contributed by atoms with Crippen LogP contribution in [0.1, 0.15) is 12.8 Å². The number of nitro benzene ring substituents is 1. The lowest BCUT2D eigenvalue weighted by Crippen LogP contribution is -2.25. The molecule has 5 nitrogen and oxygen atoms in total. The van der Waals surface area contributed by atoms with Crippen LogP contribution in [0, 0.1) is 10.1 Å². The van der Waals surface area contributed by atoms with E-state index in [1.54, 1.807) is 12.1 Å². The van der Waals surface area contributed by atoms with Crippen LogP contribution in [-0.4, -0.2) is 22.2 Å². The van der Waals surface area contributed by atoms with E-state index >= 15 is 0 Å². The molecule has 0 heterocycles. The summed E-state index contributed by atoms with van der Waals surface area (Å²) in [5.41, 5.74) is 0.706. The van der Waals surface area contributed by atoms with Gasteiger partial charge in [-0.3, -0.25) is 10.1 Å². The van der Waals surface area contributed by atoms with Crippen LogP contribution in [0.2, 0.25) is 0 Å². The van der Waals surface area contributed by atoms with Gasteiger partial charge in [-0.2, -0.15) is 0 Å². The van der Waals surface area contributed by atoms with Crippen LogP contribution in [0.3, 0.4) is 0 Å². The van der Waals surface area contributed by atoms with Crippen LogP contribution in [-0.2, 0) is 0 Å². The second-order valence-corrected chi connectivity index (χ2v) is 3.87. The highest BCUT2D eigenvalue weighted by atomic mass is 16.6. The summed E-state index contributed by atoms with van der Waals surface area (Å²) in [7, 11) is 0. The molecule has 1 aliphatic carbocycles. The molecule has 0 atom stereocenters. The van der Waals surface area contributed by atoms with Crippen LogP contribution >= 0.6 is 0 Å². The Balaban J connectivity index is 2.07. The van der Waals surface area contributed by atoms with Crippen LogP contribution in [0.5, 0.6) is 0 Å². The van der Waals surface area contributed by atoms with Crippen molar-refractivity contribution in [3.05, 3.63) is 34.4 Å². The number of nitrogens with one attached hydrogen (secondary N) is 1. The van der Waals surface area contributed by atoms with E-state index in [0.717, 1.165) is 18.5 Å². The topological polar surface area (TPSA) is 75.4 Å². The van der Waals surface area contributed by atoms with E-state index in [1.807, 2.05) is 0 Å². The number of aliphatic hydroxyl groups is 1. The number of benzene rings is 1. The average Bonchev–Trinajstić information content (AvgIpc) is 2.99. The highest BCUT2D eigenvalue weighted by Gasteiger charge is 2.41. The highest BCUT2D eigenvalue weighted by Crippen LogP contribution is 2.38. The summed E-state index contributed by atoms with van der Waals surface area (Å²) in [6, 6.07) is 6.23. The van der Waals surface area contributed by atoms with Crippen molar-refractivity contribution in [1.29, 1.82) is 0 Å². The fourth-order valence-electron chi connectivity index (χ4n) is 1.45. The summed E-state index contributed by atoms with van der Waals surface area (Å²) in [5, 5.41) is 22.7. The molecule has 0 bridgehead atoms. The van der Waals surface area contributed by atoms with Gasteiger partial charge in [0.25, 0.3) is 5.69 Å². The van der Waals surface area contributed by atoms with E-state index in [2.05, 4.69) is 5.32 Å². The van der Waals surface area contributed by atoms with E-state index in [1.165, 1.54) is 12.1 Å². The third-order valence-corrected chi connectivity index (χ3v) is 2.64. The summed E-state index contributed by atoms with van der Waals surface area (Å²) in [6.07, 6.45) is 1.89. The van der Waals surface area contributed by atoms with Gasteiger partial charge in [0.1, 0.15) is 0 Å². The lowest BCUT2D eigenvalue weighted by Gasteiger charge is -2.15. The van der Waals surface area contributed by atoms with Crippen molar-refractivity contribution < 1.29 is 10.0 Å². The first-order chi connectivity index (χ1) is 7.15. The van der Waals surface area contributed by atoms with E-state index in [0.29, 0.717) is 0 Å². The van der Waals surface area contributed by atoms with Gasteiger partial charge in [-0.15, -0.1) is 0 Å². The molecule has 5 heteroatoms. The van der Waals surface area contributed by atoms with Crippen molar-refractivity contribution in [2.45, 2.75) is 18.4 Å². The Bertz CT molecular complexity index is 371. The molecule has 0 aromatic heterocycles. The summed E-state index contributed by atoms with van der Waals surface area (Å²) in [6.45, 7) is 0.101. The summed E-state index contributed by atoms with van der Waals surface area (Å²) >= 11 is 0. The second kappa shape index (κ2) is 3.51. The normalized spacial score (nSPS) is 17.1. The zero-order chi connectivity index (χ0) is 10.9. The Morgan fingerprint density at radius 3 is 2.40 bits per heavy atom. The van der Waals surface area contributed by atoms with Crippen molar-refractivity contribution >= 4 is 11.4 Å². The Morgan fingerprint density at radius 1 is 1.40 bits per heavy atom. The van der Waals surface area contributed by atoms with Crippen LogP contribution in [0.4, 0.5) is 11.4 Å². The summed E-state index contributed by atoms with van der Waals surface area (Å²) < 4.78 is 0. The fourth-order valence-corrected chi connectivity index (χ4v) is 1.45. The number of nitrogens with zero attached hydrogens (tertiary/aromatic N) is 1. The van der Waals surface area contributed by atoms with Crippen molar-refractivity contribution in [1.82, 2.24) is 0 Å². The maximum Gasteiger partial charge on any atom is 0.269 e. The number of rotatable bonds is 4. The molecular formula is C10H12N2O3. The van der Waals surface area contributed by atoms with Crippen molar-refractivity contribution in [3.63, 3.8) is 0 Å². The van der Waals surface area contributed by atoms with Gasteiger partial charge in [0.2, 0.25) is 0 Å². The molecule has 1 aromatic rings. The standard InChI is InChI=1S/C10H12N2O3/c13-7-10(5-6-10)11-8-1-3-9(4-2-8)12(14)15/h1-4,11,13H,5-7H2. The van der Waals surface area contributed by atoms with Gasteiger partial charge in [-0.05, 0) is 25.0 Å². The fraction of sp³-hybridized carbons (Fsp3) is 0.400. The van der Waals surface area contributed by atoms with Gasteiger partial charge in [-0.25, -0.2) is 0 Å². The first kappa shape index (κ1) is 9.92. The zero-order valence-electron chi connectivity index (χ0n) is 8.14. The van der Waals surface area contributed by atoms with Crippen LogP contribution in [0.15, 0.2) is 24.3 Å². The Kier molecular flexibility index (Phi) is 2.32. The van der Waals surface area contributed by atoms with Crippen molar-refractivity contribution in [2.24, 2.45) is 0 Å². The van der Waals surface area contributed by atoms with Gasteiger partial charge < -0.3 is 10.4 Å². The largest absolute Gasteiger partial charge is 0.394 e. The molecule has 0 saturated heterocycles. The molecule has 0 radical (unpaired) electrons. The van der Waals surface area contributed by atoms with E-state index < -0.39 is 4.92 Å². The van der Waals surface area contributed by atoms with Gasteiger partial charge in [0.05, 0.1) is 17.1 Å². The maximum atomic E-state index is 10.4. The van der Waals surface area contributed by atoms with Crippen molar-refractivity contribution in [2.75, 3.05) is 11.9 Å². The molecule has 1 aliphatic rings. The average molecular weight is 208 g/mol. The molecular weight excluding hydrogens is 196 g/mol. The smallest absolute Gasteiger partial charge is 0.269 e. The highest BCUT2D eigenvalue weighted by molar-refractivity contribution is 5.51. The number of nitro groups is 1. The number of non-ortho nitro benzene ring substituents is 1. The molecule has 1 aromatic carbocycles. The number of hydrogen-bond acceptors (Lipinski definition) is 4. The Morgan fingerprint density at radius 2 is 2.00 bits per heavy atom. The van der Waals surface area contributed by atoms with Gasteiger partial charge in [0, 0.05) is 17.8 Å². The number of anilines is 1. The second-order valence-electron chi connectivity index (χ2n) is 3.87. The summed E-state index contributed by atoms with van der Waals surface area (Å²) in [5.74, 6) is 0. The first-order valence-electron chi connectivity index (χ1n) is 4.79. The predicted molar refractivity (Wildman–Crippen MR) is 55.8 cm³/mol. The lowest BCUT2D eigenvalue weighted by atomic mass is 10.2. The third kappa shape index (κ3) is 2.07. The minimum absolute atomic E-state index is 0.0781. The molecule has 1 saturated carbocycles. The SMILES string of the molecule is O=[N+]([O-])c1ccc(NC2(CO)CC2)cc1. The molecule has 1 fully saturated rings. The monoisotopic (exact) mass is 208 g/mol. The maximum absolute atomic E-state index is 10.4. The molecule has 2 N–H and O–H groups in total. The van der Waals surface area contributed by atoms with E-state index in [4.69, 9.17) is 5.11 Å². The minimum atomic E-state index is -0.428. The molecule has 0 amide bonds. The Labute approximate surface area is 86.9 Å². The Hall–Kier alpha value is -1.62. The van der Waals surface area contributed by atoms with E-state index in [9.17, 15) is 10.1 Å². The minimum Gasteiger partial charge on any atom is -0.394 e. The molecule has 0 spiro atoms. The van der Waals surface area contributed by atoms with Crippen LogP contribution < -0.4 is 5.32 Å². The number of hydrogen-bond donors (Lipinski definition) is 2. The third-order valence-electron chi connectivity index (χ3n) is 2.64. The van der Waals surface area contributed by atoms with Gasteiger partial charge >= 0.3 is 0 Å². The predicted octanol–water partition coefficient (Wildman–Crippen LogP) is 1.53. The molecule has 80 valence electrons. The molecule has 2 rings (SSSR count). The van der Waals surface area contributed by atoms with Gasteiger partial charge in [0.15, 0.2) is 0 Å². The van der Waals surface area contributed by atoms with Gasteiger partial charge in [-0.1, -0.05) is 0 Å². The molecule has 15 heavy (non-hydrogen) atoms. The van der Waals surface area contributed by atoms with Crippen molar-refractivity contribution in [3.8, 4) is 0 Å². The molecule has 0 unspecified atom stereocenters. The summed E-state index contributed by atoms with van der Waals surface area (Å²) in [4.78, 5) is 9.98. The first-order valence-corrected chi connectivity index (χ1v) is 4.79. The van der Waals surface area contributed by atoms with Crippen LogP contribution in [0.25, 0.3) is 0 Å². The van der Waals surface area contributed by atoms with E-state index in [-0.39, 0.29) is 17.8 Å². The number of aliphatic hydroxyl groups excluding tert-OH is 1. The lowest BCUT2D eigenvalue weighted by molar-refractivity contribution is -0.384. The zero-order valence-corrected chi connectivity index (χ0v) is 8.14.